The number of nitrogens with one attached hydrogen (secondary N) is 1. The van der Waals surface area contributed by atoms with Crippen molar-refractivity contribution in [1.29, 1.82) is 0 Å². The monoisotopic (exact) mass is 340 g/mol. The van der Waals surface area contributed by atoms with Crippen molar-refractivity contribution in [2.75, 3.05) is 0 Å². The van der Waals surface area contributed by atoms with Gasteiger partial charge in [0.05, 0.1) is 10.5 Å². The summed E-state index contributed by atoms with van der Waals surface area (Å²) in [7, 11) is 0. The van der Waals surface area contributed by atoms with E-state index in [4.69, 9.17) is 23.2 Å². The molecule has 1 aromatic heterocycles. The zero-order valence-corrected chi connectivity index (χ0v) is 12.1. The molecule has 0 aliphatic rings. The molecule has 0 aliphatic carbocycles. The number of imidazole rings is 1. The molecule has 0 saturated carbocycles. The number of hydrogen-bond donors (Lipinski definition) is 1. The van der Waals surface area contributed by atoms with Crippen LogP contribution < -0.4 is 0 Å². The van der Waals surface area contributed by atoms with Gasteiger partial charge in [0.25, 0.3) is 0 Å². The summed E-state index contributed by atoms with van der Waals surface area (Å²) in [5.41, 5.74) is 2.58. The maximum atomic E-state index is 6.11. The average Bonchev–Trinajstić information content (AvgIpc) is 2.77. The van der Waals surface area contributed by atoms with E-state index in [1.165, 1.54) is 0 Å². The number of halogens is 3. The molecule has 3 rings (SSSR count). The zero-order valence-electron chi connectivity index (χ0n) is 9.05. The lowest BCUT2D eigenvalue weighted by atomic mass is 10.2. The number of aromatic amines is 1. The summed E-state index contributed by atoms with van der Waals surface area (Å²) in [4.78, 5) is 7.74. The largest absolute Gasteiger partial charge is 0.338 e. The third-order valence-corrected chi connectivity index (χ3v) is 3.88. The fraction of sp³-hybridized carbons (Fsp3) is 0. The number of nitrogens with zero attached hydrogens (tertiary/aromatic N) is 1. The molecule has 0 amide bonds. The fourth-order valence-electron chi connectivity index (χ4n) is 1.80. The molecular formula is C13H7BrCl2N2. The molecule has 0 fully saturated rings. The SMILES string of the molecule is Clc1ccc(Br)c(-c2nc3c(Cl)cccc3[nH]2)c1. The first-order chi connectivity index (χ1) is 8.65. The van der Waals surface area contributed by atoms with Gasteiger partial charge in [-0.05, 0) is 30.3 Å². The third kappa shape index (κ3) is 2.03. The van der Waals surface area contributed by atoms with Gasteiger partial charge in [0, 0.05) is 15.1 Å². The van der Waals surface area contributed by atoms with Crippen LogP contribution in [0, 0.1) is 0 Å². The number of aromatic nitrogens is 2. The van der Waals surface area contributed by atoms with Crippen LogP contribution in [0.5, 0.6) is 0 Å². The number of benzene rings is 2. The van der Waals surface area contributed by atoms with Gasteiger partial charge in [-0.2, -0.15) is 0 Å². The van der Waals surface area contributed by atoms with Crippen molar-refractivity contribution in [2.45, 2.75) is 0 Å². The average molecular weight is 342 g/mol. The first kappa shape index (κ1) is 12.0. The Morgan fingerprint density at radius 1 is 1.11 bits per heavy atom. The van der Waals surface area contributed by atoms with Crippen LogP contribution in [0.2, 0.25) is 10.0 Å². The van der Waals surface area contributed by atoms with Crippen molar-refractivity contribution in [1.82, 2.24) is 9.97 Å². The highest BCUT2D eigenvalue weighted by atomic mass is 79.9. The van der Waals surface area contributed by atoms with Gasteiger partial charge >= 0.3 is 0 Å². The molecule has 0 unspecified atom stereocenters. The number of rotatable bonds is 1. The van der Waals surface area contributed by atoms with Gasteiger partial charge in [-0.3, -0.25) is 0 Å². The van der Waals surface area contributed by atoms with Crippen LogP contribution in [0.1, 0.15) is 0 Å². The molecular weight excluding hydrogens is 335 g/mol. The lowest BCUT2D eigenvalue weighted by molar-refractivity contribution is 1.33. The Balaban J connectivity index is 2.26. The van der Waals surface area contributed by atoms with Crippen LogP contribution in [-0.4, -0.2) is 9.97 Å². The Bertz CT molecular complexity index is 737. The van der Waals surface area contributed by atoms with E-state index in [-0.39, 0.29) is 0 Å². The lowest BCUT2D eigenvalue weighted by Crippen LogP contribution is -1.82. The van der Waals surface area contributed by atoms with Gasteiger partial charge in [0.1, 0.15) is 11.3 Å². The summed E-state index contributed by atoms with van der Waals surface area (Å²) in [6.45, 7) is 0. The van der Waals surface area contributed by atoms with E-state index < -0.39 is 0 Å². The number of H-pyrrole nitrogens is 1. The van der Waals surface area contributed by atoms with Gasteiger partial charge in [0.2, 0.25) is 0 Å². The summed E-state index contributed by atoms with van der Waals surface area (Å²) in [5.74, 6) is 0.743. The topological polar surface area (TPSA) is 28.7 Å². The van der Waals surface area contributed by atoms with Crippen molar-refractivity contribution in [2.24, 2.45) is 0 Å². The van der Waals surface area contributed by atoms with E-state index in [2.05, 4.69) is 25.9 Å². The lowest BCUT2D eigenvalue weighted by Gasteiger charge is -2.00. The molecule has 0 aliphatic heterocycles. The Hall–Kier alpha value is -1.03. The van der Waals surface area contributed by atoms with E-state index in [0.29, 0.717) is 10.0 Å². The highest BCUT2D eigenvalue weighted by Crippen LogP contribution is 2.31. The molecule has 0 saturated heterocycles. The Kier molecular flexibility index (Phi) is 3.06. The highest BCUT2D eigenvalue weighted by molar-refractivity contribution is 9.10. The van der Waals surface area contributed by atoms with Gasteiger partial charge < -0.3 is 4.98 Å². The molecule has 0 spiro atoms. The maximum Gasteiger partial charge on any atom is 0.139 e. The summed E-state index contributed by atoms with van der Waals surface area (Å²) < 4.78 is 0.932. The molecule has 1 heterocycles. The maximum absolute atomic E-state index is 6.11. The normalized spacial score (nSPS) is 11.1. The van der Waals surface area contributed by atoms with Crippen LogP contribution in [0.15, 0.2) is 40.9 Å². The third-order valence-electron chi connectivity index (χ3n) is 2.65. The van der Waals surface area contributed by atoms with Crippen molar-refractivity contribution < 1.29 is 0 Å². The smallest absolute Gasteiger partial charge is 0.139 e. The second-order valence-corrected chi connectivity index (χ2v) is 5.54. The number of para-hydroxylation sites is 1. The Morgan fingerprint density at radius 3 is 2.72 bits per heavy atom. The standard InChI is InChI=1S/C13H7BrCl2N2/c14-9-5-4-7(15)6-8(9)13-17-11-3-1-2-10(16)12(11)18-13/h1-6H,(H,17,18). The van der Waals surface area contributed by atoms with Crippen LogP contribution in [0.4, 0.5) is 0 Å². The van der Waals surface area contributed by atoms with Crippen molar-refractivity contribution in [3.8, 4) is 11.4 Å². The molecule has 5 heteroatoms. The van der Waals surface area contributed by atoms with Crippen molar-refractivity contribution in [3.05, 3.63) is 50.9 Å². The van der Waals surface area contributed by atoms with Gasteiger partial charge in [0.15, 0.2) is 0 Å². The van der Waals surface area contributed by atoms with E-state index in [1.807, 2.05) is 36.4 Å². The molecule has 0 bridgehead atoms. The van der Waals surface area contributed by atoms with E-state index in [9.17, 15) is 0 Å². The molecule has 3 aromatic rings. The number of hydrogen-bond acceptors (Lipinski definition) is 1. The Labute approximate surface area is 122 Å². The summed E-state index contributed by atoms with van der Waals surface area (Å²) in [6, 6.07) is 11.2. The Morgan fingerprint density at radius 2 is 1.94 bits per heavy atom. The summed E-state index contributed by atoms with van der Waals surface area (Å²) in [6.07, 6.45) is 0. The first-order valence-electron chi connectivity index (χ1n) is 5.25. The predicted octanol–water partition coefficient (Wildman–Crippen LogP) is 5.30. The minimum Gasteiger partial charge on any atom is -0.338 e. The highest BCUT2D eigenvalue weighted by Gasteiger charge is 2.10. The molecule has 0 atom stereocenters. The second kappa shape index (κ2) is 4.57. The quantitative estimate of drug-likeness (QED) is 0.639. The van der Waals surface area contributed by atoms with Crippen LogP contribution in [0.25, 0.3) is 22.4 Å². The fourth-order valence-corrected chi connectivity index (χ4v) is 2.63. The molecule has 90 valence electrons. The van der Waals surface area contributed by atoms with E-state index in [0.717, 1.165) is 26.9 Å². The number of fused-ring (bicyclic) bond motifs is 1. The second-order valence-electron chi connectivity index (χ2n) is 3.85. The van der Waals surface area contributed by atoms with Crippen LogP contribution in [-0.2, 0) is 0 Å². The first-order valence-corrected chi connectivity index (χ1v) is 6.80. The van der Waals surface area contributed by atoms with E-state index >= 15 is 0 Å². The van der Waals surface area contributed by atoms with Gasteiger partial charge in [-0.15, -0.1) is 0 Å². The van der Waals surface area contributed by atoms with Gasteiger partial charge in [-0.25, -0.2) is 4.98 Å². The minimum absolute atomic E-state index is 0.633. The van der Waals surface area contributed by atoms with Crippen molar-refractivity contribution in [3.63, 3.8) is 0 Å². The molecule has 18 heavy (non-hydrogen) atoms. The van der Waals surface area contributed by atoms with Crippen LogP contribution >= 0.6 is 39.1 Å². The van der Waals surface area contributed by atoms with Crippen molar-refractivity contribution >= 4 is 50.2 Å². The molecule has 2 aromatic carbocycles. The van der Waals surface area contributed by atoms with E-state index in [1.54, 1.807) is 0 Å². The molecule has 0 radical (unpaired) electrons. The van der Waals surface area contributed by atoms with Crippen LogP contribution in [0.3, 0.4) is 0 Å². The summed E-state index contributed by atoms with van der Waals surface area (Å²) >= 11 is 15.6. The zero-order chi connectivity index (χ0) is 12.7. The predicted molar refractivity (Wildman–Crippen MR) is 79.2 cm³/mol. The van der Waals surface area contributed by atoms with Gasteiger partial charge in [-0.1, -0.05) is 45.2 Å². The summed E-state index contributed by atoms with van der Waals surface area (Å²) in [5, 5.41) is 1.30. The minimum atomic E-state index is 0.633. The molecule has 2 nitrogen and oxygen atoms in total. The molecule has 1 N–H and O–H groups in total.